The zero-order valence-corrected chi connectivity index (χ0v) is 17.2. The van der Waals surface area contributed by atoms with Crippen LogP contribution in [0.2, 0.25) is 0 Å². The van der Waals surface area contributed by atoms with Gasteiger partial charge in [0.25, 0.3) is 0 Å². The minimum atomic E-state index is 0.121. The first-order valence-corrected chi connectivity index (χ1v) is 9.87. The molecule has 1 saturated heterocycles. The molecular weight excluding hydrogens is 418 g/mol. The van der Waals surface area contributed by atoms with E-state index in [1.807, 2.05) is 35.5 Å². The Morgan fingerprint density at radius 1 is 1.07 bits per heavy atom. The number of pyridine rings is 1. The standard InChI is InChI=1S/C21H20BrN5O/c1-14(26-5-7-27(8-6-26)15(2)28)16-9-17(12-23-11-16)21-19-10-18(22)3-4-20(19)24-13-25-21/h3-4,9-13H,1,5-8H2,2H3. The normalized spacial score (nSPS) is 14.4. The molecule has 28 heavy (non-hydrogen) atoms. The third kappa shape index (κ3) is 3.62. The Morgan fingerprint density at radius 2 is 1.82 bits per heavy atom. The molecule has 1 aliphatic rings. The quantitative estimate of drug-likeness (QED) is 0.626. The van der Waals surface area contributed by atoms with Gasteiger partial charge in [0.15, 0.2) is 0 Å². The van der Waals surface area contributed by atoms with E-state index >= 15 is 0 Å². The fourth-order valence-electron chi connectivity index (χ4n) is 3.46. The number of amides is 1. The maximum atomic E-state index is 11.5. The number of hydrogen-bond acceptors (Lipinski definition) is 5. The lowest BCUT2D eigenvalue weighted by Gasteiger charge is -2.36. The molecule has 0 spiro atoms. The van der Waals surface area contributed by atoms with Crippen LogP contribution in [0.25, 0.3) is 27.9 Å². The summed E-state index contributed by atoms with van der Waals surface area (Å²) >= 11 is 3.52. The Hall–Kier alpha value is -2.80. The van der Waals surface area contributed by atoms with E-state index < -0.39 is 0 Å². The molecule has 1 amide bonds. The molecule has 0 atom stereocenters. The SMILES string of the molecule is C=C(c1cncc(-c2ncnc3ccc(Br)cc23)c1)N1CCN(C(C)=O)CC1. The van der Waals surface area contributed by atoms with E-state index in [9.17, 15) is 4.79 Å². The second-order valence-electron chi connectivity index (χ2n) is 6.79. The highest BCUT2D eigenvalue weighted by molar-refractivity contribution is 9.10. The van der Waals surface area contributed by atoms with Crippen LogP contribution in [-0.2, 0) is 4.79 Å². The van der Waals surface area contributed by atoms with Crippen molar-refractivity contribution in [1.82, 2.24) is 24.8 Å². The van der Waals surface area contributed by atoms with Crippen molar-refractivity contribution in [3.05, 3.63) is 59.6 Å². The molecule has 0 unspecified atom stereocenters. The Kier molecular flexibility index (Phi) is 5.09. The fourth-order valence-corrected chi connectivity index (χ4v) is 3.82. The number of carbonyl (C=O) groups excluding carboxylic acids is 1. The van der Waals surface area contributed by atoms with Crippen molar-refractivity contribution >= 4 is 38.4 Å². The predicted molar refractivity (Wildman–Crippen MR) is 113 cm³/mol. The first-order valence-electron chi connectivity index (χ1n) is 9.08. The van der Waals surface area contributed by atoms with E-state index in [4.69, 9.17) is 0 Å². The Labute approximate surface area is 172 Å². The summed E-state index contributed by atoms with van der Waals surface area (Å²) in [6.45, 7) is 8.85. The maximum Gasteiger partial charge on any atom is 0.219 e. The molecule has 1 aliphatic heterocycles. The second-order valence-corrected chi connectivity index (χ2v) is 7.70. The minimum Gasteiger partial charge on any atom is -0.368 e. The van der Waals surface area contributed by atoms with Crippen LogP contribution in [0.4, 0.5) is 0 Å². The van der Waals surface area contributed by atoms with Crippen molar-refractivity contribution in [3.8, 4) is 11.3 Å². The molecule has 3 aromatic rings. The Morgan fingerprint density at radius 3 is 2.57 bits per heavy atom. The molecule has 1 aromatic carbocycles. The third-order valence-corrected chi connectivity index (χ3v) is 5.54. The van der Waals surface area contributed by atoms with Crippen LogP contribution in [0.3, 0.4) is 0 Å². The van der Waals surface area contributed by atoms with Crippen LogP contribution < -0.4 is 0 Å². The molecule has 7 heteroatoms. The van der Waals surface area contributed by atoms with Gasteiger partial charge >= 0.3 is 0 Å². The number of carbonyl (C=O) groups is 1. The van der Waals surface area contributed by atoms with Gasteiger partial charge in [0.2, 0.25) is 5.91 Å². The smallest absolute Gasteiger partial charge is 0.219 e. The average Bonchev–Trinajstić information content (AvgIpc) is 2.73. The van der Waals surface area contributed by atoms with Crippen LogP contribution in [0, 0.1) is 0 Å². The van der Waals surface area contributed by atoms with Crippen LogP contribution in [0.15, 0.2) is 54.0 Å². The van der Waals surface area contributed by atoms with Gasteiger partial charge in [-0.25, -0.2) is 9.97 Å². The summed E-state index contributed by atoms with van der Waals surface area (Å²) in [7, 11) is 0. The van der Waals surface area contributed by atoms with Crippen LogP contribution in [0.5, 0.6) is 0 Å². The number of rotatable bonds is 3. The van der Waals surface area contributed by atoms with E-state index in [0.29, 0.717) is 13.1 Å². The molecule has 1 fully saturated rings. The summed E-state index contributed by atoms with van der Waals surface area (Å²) in [4.78, 5) is 28.9. The lowest BCUT2D eigenvalue weighted by Crippen LogP contribution is -2.47. The van der Waals surface area contributed by atoms with Gasteiger partial charge in [-0.1, -0.05) is 22.5 Å². The van der Waals surface area contributed by atoms with Gasteiger partial charge in [-0.2, -0.15) is 0 Å². The molecule has 6 nitrogen and oxygen atoms in total. The molecular formula is C21H20BrN5O. The first-order chi connectivity index (χ1) is 13.5. The highest BCUT2D eigenvalue weighted by atomic mass is 79.9. The lowest BCUT2D eigenvalue weighted by molar-refractivity contribution is -0.130. The molecule has 0 aliphatic carbocycles. The summed E-state index contributed by atoms with van der Waals surface area (Å²) in [5.74, 6) is 0.121. The van der Waals surface area contributed by atoms with Gasteiger partial charge < -0.3 is 9.80 Å². The number of halogens is 1. The molecule has 0 radical (unpaired) electrons. The predicted octanol–water partition coefficient (Wildman–Crippen LogP) is 3.59. The van der Waals surface area contributed by atoms with Crippen molar-refractivity contribution < 1.29 is 4.79 Å². The van der Waals surface area contributed by atoms with Crippen LogP contribution >= 0.6 is 15.9 Å². The summed E-state index contributed by atoms with van der Waals surface area (Å²) < 4.78 is 0.980. The summed E-state index contributed by atoms with van der Waals surface area (Å²) in [6.07, 6.45) is 5.21. The average molecular weight is 438 g/mol. The number of benzene rings is 1. The number of hydrogen-bond donors (Lipinski definition) is 0. The zero-order chi connectivity index (χ0) is 19.7. The highest BCUT2D eigenvalue weighted by Crippen LogP contribution is 2.29. The van der Waals surface area contributed by atoms with E-state index in [2.05, 4.69) is 48.4 Å². The van der Waals surface area contributed by atoms with Crippen LogP contribution in [0.1, 0.15) is 12.5 Å². The molecule has 0 N–H and O–H groups in total. The van der Waals surface area contributed by atoms with Crippen molar-refractivity contribution in [2.75, 3.05) is 26.2 Å². The Balaban J connectivity index is 1.63. The van der Waals surface area contributed by atoms with Gasteiger partial charge in [-0.15, -0.1) is 0 Å². The molecule has 142 valence electrons. The largest absolute Gasteiger partial charge is 0.368 e. The van der Waals surface area contributed by atoms with Gasteiger partial charge in [0, 0.05) is 72.2 Å². The van der Waals surface area contributed by atoms with Crippen molar-refractivity contribution in [1.29, 1.82) is 0 Å². The summed E-state index contributed by atoms with van der Waals surface area (Å²) in [6, 6.07) is 8.02. The van der Waals surface area contributed by atoms with Crippen LogP contribution in [-0.4, -0.2) is 56.8 Å². The van der Waals surface area contributed by atoms with E-state index in [0.717, 1.165) is 51.0 Å². The van der Waals surface area contributed by atoms with Gasteiger partial charge in [-0.05, 0) is 24.3 Å². The minimum absolute atomic E-state index is 0.121. The number of fused-ring (bicyclic) bond motifs is 1. The van der Waals surface area contributed by atoms with E-state index in [-0.39, 0.29) is 5.91 Å². The fraction of sp³-hybridized carbons (Fsp3) is 0.238. The van der Waals surface area contributed by atoms with E-state index in [1.54, 1.807) is 13.3 Å². The summed E-state index contributed by atoms with van der Waals surface area (Å²) in [5.41, 5.74) is 4.52. The summed E-state index contributed by atoms with van der Waals surface area (Å²) in [5, 5.41) is 0.969. The molecule has 0 bridgehead atoms. The number of piperazine rings is 1. The molecule has 2 aromatic heterocycles. The first kappa shape index (κ1) is 18.6. The Bertz CT molecular complexity index is 1060. The third-order valence-electron chi connectivity index (χ3n) is 5.05. The zero-order valence-electron chi connectivity index (χ0n) is 15.6. The lowest BCUT2D eigenvalue weighted by atomic mass is 10.1. The van der Waals surface area contributed by atoms with Crippen molar-refractivity contribution in [2.24, 2.45) is 0 Å². The van der Waals surface area contributed by atoms with Crippen molar-refractivity contribution in [2.45, 2.75) is 6.92 Å². The second kappa shape index (κ2) is 7.67. The molecule has 0 saturated carbocycles. The number of nitrogens with zero attached hydrogens (tertiary/aromatic N) is 5. The van der Waals surface area contributed by atoms with Gasteiger partial charge in [-0.3, -0.25) is 9.78 Å². The topological polar surface area (TPSA) is 62.2 Å². The van der Waals surface area contributed by atoms with E-state index in [1.165, 1.54) is 0 Å². The molecule has 4 rings (SSSR count). The maximum absolute atomic E-state index is 11.5. The highest BCUT2D eigenvalue weighted by Gasteiger charge is 2.20. The van der Waals surface area contributed by atoms with Crippen molar-refractivity contribution in [3.63, 3.8) is 0 Å². The van der Waals surface area contributed by atoms with Gasteiger partial charge in [0.1, 0.15) is 6.33 Å². The number of aromatic nitrogens is 3. The monoisotopic (exact) mass is 437 g/mol. The molecule has 3 heterocycles. The van der Waals surface area contributed by atoms with Gasteiger partial charge in [0.05, 0.1) is 11.2 Å².